The van der Waals surface area contributed by atoms with E-state index in [-0.39, 0.29) is 17.7 Å². The summed E-state index contributed by atoms with van der Waals surface area (Å²) in [5.41, 5.74) is 0.624. The first-order valence-electron chi connectivity index (χ1n) is 9.63. The molecule has 2 aromatic rings. The molecule has 0 bridgehead atoms. The molecule has 2 N–H and O–H groups in total. The lowest BCUT2D eigenvalue weighted by atomic mass is 10.0. The predicted octanol–water partition coefficient (Wildman–Crippen LogP) is 4.18. The molecule has 1 spiro atoms. The molecule has 1 saturated carbocycles. The molecule has 28 heavy (non-hydrogen) atoms. The van der Waals surface area contributed by atoms with Crippen LogP contribution in [0.3, 0.4) is 0 Å². The van der Waals surface area contributed by atoms with Crippen LogP contribution in [0, 0.1) is 5.92 Å². The minimum absolute atomic E-state index is 0.0559. The van der Waals surface area contributed by atoms with Gasteiger partial charge >= 0.3 is 0 Å². The molecule has 148 valence electrons. The third kappa shape index (κ3) is 3.71. The third-order valence-corrected chi connectivity index (χ3v) is 6.02. The monoisotopic (exact) mass is 400 g/mol. The smallest absolute Gasteiger partial charge is 0.262 e. The Hall–Kier alpha value is -2.54. The van der Waals surface area contributed by atoms with Crippen molar-refractivity contribution in [3.63, 3.8) is 0 Å². The van der Waals surface area contributed by atoms with E-state index in [1.54, 1.807) is 18.2 Å². The minimum atomic E-state index is -0.638. The van der Waals surface area contributed by atoms with Gasteiger partial charge in [-0.1, -0.05) is 19.9 Å². The second-order valence-corrected chi connectivity index (χ2v) is 8.59. The molecule has 7 heteroatoms. The molecule has 2 aliphatic rings. The van der Waals surface area contributed by atoms with Crippen molar-refractivity contribution in [1.82, 2.24) is 5.32 Å². The Bertz CT molecular complexity index is 873. The highest BCUT2D eigenvalue weighted by Gasteiger charge is 2.44. The van der Waals surface area contributed by atoms with E-state index in [0.29, 0.717) is 22.1 Å². The number of carbonyl (C=O) groups is 2. The number of ether oxygens (including phenoxy) is 2. The van der Waals surface area contributed by atoms with E-state index in [1.807, 2.05) is 31.4 Å². The Morgan fingerprint density at radius 3 is 2.54 bits per heavy atom. The van der Waals surface area contributed by atoms with Crippen LogP contribution in [-0.2, 0) is 4.79 Å². The first kappa shape index (κ1) is 18.8. The molecule has 0 radical (unpaired) electrons. The van der Waals surface area contributed by atoms with E-state index < -0.39 is 11.8 Å². The maximum Gasteiger partial charge on any atom is 0.262 e. The molecule has 1 fully saturated rings. The highest BCUT2D eigenvalue weighted by molar-refractivity contribution is 7.12. The van der Waals surface area contributed by atoms with Gasteiger partial charge in [-0.25, -0.2) is 0 Å². The Morgan fingerprint density at radius 2 is 1.86 bits per heavy atom. The van der Waals surface area contributed by atoms with Gasteiger partial charge in [0.1, 0.15) is 6.04 Å². The number of nitrogens with one attached hydrogen (secondary N) is 2. The lowest BCUT2D eigenvalue weighted by Gasteiger charge is -2.21. The van der Waals surface area contributed by atoms with Gasteiger partial charge in [-0.15, -0.1) is 11.3 Å². The molecule has 1 atom stereocenters. The standard InChI is InChI=1S/C21H24N2O4S/c1-13(2)18(23-19(24)17-6-5-11-28-17)20(25)22-14-7-8-15-16(12-14)27-21(26-15)9-3-4-10-21/h5-8,11-13,18H,3-4,9-10H2,1-2H3,(H,22,25)(H,23,24)/t18-/m1/s1. The number of hydrogen-bond acceptors (Lipinski definition) is 5. The summed E-state index contributed by atoms with van der Waals surface area (Å²) in [5, 5.41) is 7.57. The van der Waals surface area contributed by atoms with Crippen molar-refractivity contribution < 1.29 is 19.1 Å². The molecule has 1 aliphatic carbocycles. The molecule has 2 amide bonds. The molecule has 4 rings (SSSR count). The second kappa shape index (κ2) is 7.47. The van der Waals surface area contributed by atoms with E-state index in [1.165, 1.54) is 11.3 Å². The molecule has 1 aliphatic heterocycles. The minimum Gasteiger partial charge on any atom is -0.448 e. The highest BCUT2D eigenvalue weighted by Crippen LogP contribution is 2.47. The fourth-order valence-corrected chi connectivity index (χ4v) is 4.29. The molecule has 2 heterocycles. The second-order valence-electron chi connectivity index (χ2n) is 7.65. The third-order valence-electron chi connectivity index (χ3n) is 5.15. The average Bonchev–Trinajstić information content (AvgIpc) is 3.40. The maximum absolute atomic E-state index is 12.8. The zero-order valence-corrected chi connectivity index (χ0v) is 16.8. The van der Waals surface area contributed by atoms with Crippen molar-refractivity contribution >= 4 is 28.8 Å². The number of carbonyl (C=O) groups excluding carboxylic acids is 2. The van der Waals surface area contributed by atoms with Gasteiger partial charge in [0.2, 0.25) is 5.91 Å². The summed E-state index contributed by atoms with van der Waals surface area (Å²) in [6, 6.07) is 8.33. The summed E-state index contributed by atoms with van der Waals surface area (Å²) in [6.07, 6.45) is 3.95. The Labute approximate surface area is 168 Å². The van der Waals surface area contributed by atoms with Crippen LogP contribution < -0.4 is 20.1 Å². The number of fused-ring (bicyclic) bond motifs is 1. The zero-order valence-electron chi connectivity index (χ0n) is 16.0. The zero-order chi connectivity index (χ0) is 19.7. The van der Waals surface area contributed by atoms with E-state index in [4.69, 9.17) is 9.47 Å². The normalized spacial score (nSPS) is 17.7. The largest absolute Gasteiger partial charge is 0.448 e. The first-order chi connectivity index (χ1) is 13.5. The van der Waals surface area contributed by atoms with E-state index in [0.717, 1.165) is 25.7 Å². The molecule has 6 nitrogen and oxygen atoms in total. The number of amides is 2. The molecule has 1 aromatic heterocycles. The van der Waals surface area contributed by atoms with Crippen LogP contribution in [0.4, 0.5) is 5.69 Å². The molecule has 0 saturated heterocycles. The van der Waals surface area contributed by atoms with Gasteiger partial charge in [-0.2, -0.15) is 0 Å². The average molecular weight is 401 g/mol. The van der Waals surface area contributed by atoms with Crippen molar-refractivity contribution in [3.05, 3.63) is 40.6 Å². The van der Waals surface area contributed by atoms with Crippen molar-refractivity contribution in [2.45, 2.75) is 51.4 Å². The molecule has 1 aromatic carbocycles. The molecular formula is C21H24N2O4S. The predicted molar refractivity (Wildman–Crippen MR) is 108 cm³/mol. The lowest BCUT2D eigenvalue weighted by molar-refractivity contribution is -0.118. The Kier molecular flexibility index (Phi) is 5.02. The Morgan fingerprint density at radius 1 is 1.11 bits per heavy atom. The number of anilines is 1. The number of thiophene rings is 1. The summed E-state index contributed by atoms with van der Waals surface area (Å²) in [5.74, 6) is 0.293. The summed E-state index contributed by atoms with van der Waals surface area (Å²) in [6.45, 7) is 3.81. The van der Waals surface area contributed by atoms with Crippen LogP contribution in [0.1, 0.15) is 49.2 Å². The van der Waals surface area contributed by atoms with Crippen LogP contribution in [0.5, 0.6) is 11.5 Å². The van der Waals surface area contributed by atoms with E-state index in [2.05, 4.69) is 10.6 Å². The summed E-state index contributed by atoms with van der Waals surface area (Å²) >= 11 is 1.35. The first-order valence-corrected chi connectivity index (χ1v) is 10.5. The number of rotatable bonds is 5. The van der Waals surface area contributed by atoms with Crippen molar-refractivity contribution in [3.8, 4) is 11.5 Å². The lowest BCUT2D eigenvalue weighted by Crippen LogP contribution is -2.46. The van der Waals surface area contributed by atoms with Crippen LogP contribution in [0.25, 0.3) is 0 Å². The van der Waals surface area contributed by atoms with E-state index >= 15 is 0 Å². The number of benzene rings is 1. The molecule has 0 unspecified atom stereocenters. The maximum atomic E-state index is 12.8. The Balaban J connectivity index is 1.44. The quantitative estimate of drug-likeness (QED) is 0.789. The fourth-order valence-electron chi connectivity index (χ4n) is 3.66. The van der Waals surface area contributed by atoms with Crippen molar-refractivity contribution in [1.29, 1.82) is 0 Å². The van der Waals surface area contributed by atoms with Gasteiger partial charge in [0, 0.05) is 24.6 Å². The van der Waals surface area contributed by atoms with Gasteiger partial charge < -0.3 is 20.1 Å². The van der Waals surface area contributed by atoms with Crippen molar-refractivity contribution in [2.24, 2.45) is 5.92 Å². The molecular weight excluding hydrogens is 376 g/mol. The summed E-state index contributed by atoms with van der Waals surface area (Å²) in [4.78, 5) is 25.8. The van der Waals surface area contributed by atoms with Crippen LogP contribution >= 0.6 is 11.3 Å². The number of hydrogen-bond donors (Lipinski definition) is 2. The van der Waals surface area contributed by atoms with Gasteiger partial charge in [-0.05, 0) is 42.3 Å². The SMILES string of the molecule is CC(C)[C@@H](NC(=O)c1cccs1)C(=O)Nc1ccc2c(c1)OC1(CCCC1)O2. The summed E-state index contributed by atoms with van der Waals surface area (Å²) in [7, 11) is 0. The van der Waals surface area contributed by atoms with Crippen LogP contribution in [0.15, 0.2) is 35.7 Å². The topological polar surface area (TPSA) is 76.7 Å². The van der Waals surface area contributed by atoms with Gasteiger partial charge in [0.15, 0.2) is 11.5 Å². The van der Waals surface area contributed by atoms with Gasteiger partial charge in [0.25, 0.3) is 11.7 Å². The fraction of sp³-hybridized carbons (Fsp3) is 0.429. The van der Waals surface area contributed by atoms with Crippen LogP contribution in [-0.4, -0.2) is 23.6 Å². The van der Waals surface area contributed by atoms with E-state index in [9.17, 15) is 9.59 Å². The van der Waals surface area contributed by atoms with Gasteiger partial charge in [0.05, 0.1) is 4.88 Å². The summed E-state index contributed by atoms with van der Waals surface area (Å²) < 4.78 is 12.1. The highest BCUT2D eigenvalue weighted by atomic mass is 32.1. The van der Waals surface area contributed by atoms with Gasteiger partial charge in [-0.3, -0.25) is 9.59 Å². The van der Waals surface area contributed by atoms with Crippen molar-refractivity contribution in [2.75, 3.05) is 5.32 Å². The van der Waals surface area contributed by atoms with Crippen LogP contribution in [0.2, 0.25) is 0 Å².